The van der Waals surface area contributed by atoms with E-state index in [0.29, 0.717) is 34.3 Å². The molecule has 2 heterocycles. The monoisotopic (exact) mass is 383 g/mol. The first kappa shape index (κ1) is 17.8. The summed E-state index contributed by atoms with van der Waals surface area (Å²) in [6.07, 6.45) is 0.483. The highest BCUT2D eigenvalue weighted by Crippen LogP contribution is 2.28. The molecule has 0 radical (unpaired) electrons. The summed E-state index contributed by atoms with van der Waals surface area (Å²) in [5.41, 5.74) is 1.03. The van der Waals surface area contributed by atoms with Crippen molar-refractivity contribution in [2.24, 2.45) is 0 Å². The molecule has 1 N–H and O–H groups in total. The number of aryl methyl sites for hydroxylation is 1. The fourth-order valence-corrected chi connectivity index (χ4v) is 4.75. The molecule has 7 nitrogen and oxygen atoms in total. The van der Waals surface area contributed by atoms with Crippen LogP contribution in [0, 0.1) is 6.92 Å². The quantitative estimate of drug-likeness (QED) is 0.875. The van der Waals surface area contributed by atoms with Gasteiger partial charge in [0.15, 0.2) is 9.84 Å². The fraction of sp³-hybridized carbons (Fsp3) is 0.375. The van der Waals surface area contributed by atoms with Crippen molar-refractivity contribution in [3.05, 3.63) is 40.5 Å². The molecule has 0 saturated carbocycles. The van der Waals surface area contributed by atoms with E-state index in [2.05, 4.69) is 10.4 Å². The number of sulfone groups is 1. The molecule has 25 heavy (non-hydrogen) atoms. The zero-order valence-corrected chi connectivity index (χ0v) is 15.4. The molecule has 1 aromatic heterocycles. The molecule has 0 unspecified atom stereocenters. The van der Waals surface area contributed by atoms with Gasteiger partial charge in [-0.1, -0.05) is 11.6 Å². The summed E-state index contributed by atoms with van der Waals surface area (Å²) < 4.78 is 30.3. The van der Waals surface area contributed by atoms with Gasteiger partial charge in [0.25, 0.3) is 5.91 Å². The van der Waals surface area contributed by atoms with Crippen LogP contribution in [0.3, 0.4) is 0 Å². The maximum Gasteiger partial charge on any atom is 0.260 e. The van der Waals surface area contributed by atoms with Gasteiger partial charge in [0, 0.05) is 11.1 Å². The zero-order valence-electron chi connectivity index (χ0n) is 13.8. The summed E-state index contributed by atoms with van der Waals surface area (Å²) in [5, 5.41) is 7.60. The summed E-state index contributed by atoms with van der Waals surface area (Å²) in [7, 11) is -1.60. The Morgan fingerprint density at radius 3 is 2.80 bits per heavy atom. The fourth-order valence-electron chi connectivity index (χ4n) is 2.89. The van der Waals surface area contributed by atoms with E-state index in [1.807, 2.05) is 0 Å². The molecule has 9 heteroatoms. The smallest absolute Gasteiger partial charge is 0.260 e. The van der Waals surface area contributed by atoms with Crippen molar-refractivity contribution < 1.29 is 17.9 Å². The van der Waals surface area contributed by atoms with Crippen LogP contribution in [0.25, 0.3) is 0 Å². The third-order valence-corrected chi connectivity index (χ3v) is 6.05. The van der Waals surface area contributed by atoms with Gasteiger partial charge in [-0.25, -0.2) is 13.1 Å². The van der Waals surface area contributed by atoms with Gasteiger partial charge in [0.2, 0.25) is 0 Å². The van der Waals surface area contributed by atoms with E-state index in [9.17, 15) is 13.2 Å². The largest absolute Gasteiger partial charge is 0.496 e. The number of amides is 1. The molecule has 1 saturated heterocycles. The minimum Gasteiger partial charge on any atom is -0.496 e. The average Bonchev–Trinajstić information content (AvgIpc) is 3.08. The highest BCUT2D eigenvalue weighted by atomic mass is 35.5. The number of nitrogens with one attached hydrogen (secondary N) is 1. The highest BCUT2D eigenvalue weighted by molar-refractivity contribution is 7.91. The Balaban J connectivity index is 1.88. The van der Waals surface area contributed by atoms with Gasteiger partial charge in [-0.3, -0.25) is 4.79 Å². The maximum atomic E-state index is 12.6. The van der Waals surface area contributed by atoms with Crippen LogP contribution >= 0.6 is 11.6 Å². The predicted molar refractivity (Wildman–Crippen MR) is 95.2 cm³/mol. The van der Waals surface area contributed by atoms with Crippen LogP contribution < -0.4 is 10.1 Å². The number of hydrogen-bond acceptors (Lipinski definition) is 5. The molecule has 1 aliphatic heterocycles. The molecule has 0 bridgehead atoms. The van der Waals surface area contributed by atoms with Crippen LogP contribution in [0.5, 0.6) is 5.75 Å². The Morgan fingerprint density at radius 1 is 1.40 bits per heavy atom. The standard InChI is InChI=1S/C16H18ClN3O4S/c1-10-7-15(20(19-10)12-5-6-25(22,23)9-12)18-16(21)13-4-3-11(17)8-14(13)24-2/h3-4,7-8,12H,5-6,9H2,1-2H3,(H,18,21)/t12-/m0/s1. The molecular formula is C16H18ClN3O4S. The van der Waals surface area contributed by atoms with Crippen molar-refractivity contribution in [3.8, 4) is 5.75 Å². The van der Waals surface area contributed by atoms with E-state index in [1.54, 1.807) is 35.9 Å². The van der Waals surface area contributed by atoms with E-state index in [1.165, 1.54) is 7.11 Å². The van der Waals surface area contributed by atoms with Gasteiger partial charge >= 0.3 is 0 Å². The molecule has 3 rings (SSSR count). The van der Waals surface area contributed by atoms with E-state index in [4.69, 9.17) is 16.3 Å². The number of anilines is 1. The zero-order chi connectivity index (χ0) is 18.2. The molecule has 134 valence electrons. The normalized spacial score (nSPS) is 18.9. The lowest BCUT2D eigenvalue weighted by atomic mass is 10.2. The number of methoxy groups -OCH3 is 1. The molecule has 0 aliphatic carbocycles. The number of benzene rings is 1. The first-order valence-corrected chi connectivity index (χ1v) is 9.90. The number of nitrogens with zero attached hydrogens (tertiary/aromatic N) is 2. The van der Waals surface area contributed by atoms with Crippen molar-refractivity contribution in [1.82, 2.24) is 9.78 Å². The first-order chi connectivity index (χ1) is 11.8. The lowest BCUT2D eigenvalue weighted by molar-refractivity contribution is 0.102. The topological polar surface area (TPSA) is 90.3 Å². The summed E-state index contributed by atoms with van der Waals surface area (Å²) in [6.45, 7) is 1.79. The Morgan fingerprint density at radius 2 is 2.16 bits per heavy atom. The van der Waals surface area contributed by atoms with E-state index < -0.39 is 9.84 Å². The number of aromatic nitrogens is 2. The molecule has 0 spiro atoms. The number of carbonyl (C=O) groups excluding carboxylic acids is 1. The van der Waals surface area contributed by atoms with Crippen LogP contribution in [0.2, 0.25) is 5.02 Å². The summed E-state index contributed by atoms with van der Waals surface area (Å²) in [4.78, 5) is 12.6. The van der Waals surface area contributed by atoms with Crippen LogP contribution in [0.4, 0.5) is 5.82 Å². The minimum absolute atomic E-state index is 0.0290. The molecule has 1 atom stereocenters. The number of carbonyl (C=O) groups is 1. The predicted octanol–water partition coefficient (Wildman–Crippen LogP) is 2.47. The van der Waals surface area contributed by atoms with Crippen molar-refractivity contribution >= 4 is 33.2 Å². The van der Waals surface area contributed by atoms with Crippen LogP contribution in [0.15, 0.2) is 24.3 Å². The summed E-state index contributed by atoms with van der Waals surface area (Å²) in [6, 6.07) is 6.17. The molecule has 1 fully saturated rings. The van der Waals surface area contributed by atoms with Gasteiger partial charge in [0.05, 0.1) is 35.9 Å². The second-order valence-electron chi connectivity index (χ2n) is 5.97. The Labute approximate surface area is 150 Å². The van der Waals surface area contributed by atoms with Crippen LogP contribution in [-0.2, 0) is 9.84 Å². The molecule has 1 aromatic carbocycles. The second-order valence-corrected chi connectivity index (χ2v) is 8.64. The van der Waals surface area contributed by atoms with Crippen molar-refractivity contribution in [1.29, 1.82) is 0 Å². The van der Waals surface area contributed by atoms with Gasteiger partial charge in [-0.05, 0) is 31.5 Å². The molecule has 2 aromatic rings. The highest BCUT2D eigenvalue weighted by Gasteiger charge is 2.31. The number of rotatable bonds is 4. The number of ether oxygens (including phenoxy) is 1. The van der Waals surface area contributed by atoms with Crippen LogP contribution in [-0.4, -0.2) is 42.7 Å². The lowest BCUT2D eigenvalue weighted by Crippen LogP contribution is -2.20. The van der Waals surface area contributed by atoms with E-state index >= 15 is 0 Å². The average molecular weight is 384 g/mol. The van der Waals surface area contributed by atoms with Crippen molar-refractivity contribution in [2.45, 2.75) is 19.4 Å². The van der Waals surface area contributed by atoms with Gasteiger partial charge < -0.3 is 10.1 Å². The second kappa shape index (κ2) is 6.68. The molecule has 1 aliphatic rings. The van der Waals surface area contributed by atoms with Gasteiger partial charge in [0.1, 0.15) is 11.6 Å². The van der Waals surface area contributed by atoms with E-state index in [-0.39, 0.29) is 23.5 Å². The Bertz CT molecular complexity index is 923. The lowest BCUT2D eigenvalue weighted by Gasteiger charge is -2.14. The number of halogens is 1. The van der Waals surface area contributed by atoms with E-state index in [0.717, 1.165) is 0 Å². The molecular weight excluding hydrogens is 366 g/mol. The third-order valence-electron chi connectivity index (χ3n) is 4.06. The Hall–Kier alpha value is -2.06. The first-order valence-electron chi connectivity index (χ1n) is 7.70. The Kier molecular flexibility index (Phi) is 4.75. The van der Waals surface area contributed by atoms with Crippen molar-refractivity contribution in [3.63, 3.8) is 0 Å². The summed E-state index contributed by atoms with van der Waals surface area (Å²) >= 11 is 5.92. The third kappa shape index (κ3) is 3.80. The molecule has 1 amide bonds. The minimum atomic E-state index is -3.06. The maximum absolute atomic E-state index is 12.6. The number of hydrogen-bond donors (Lipinski definition) is 1. The van der Waals surface area contributed by atoms with Gasteiger partial charge in [-0.15, -0.1) is 0 Å². The summed E-state index contributed by atoms with van der Waals surface area (Å²) in [5.74, 6) is 0.601. The van der Waals surface area contributed by atoms with Crippen LogP contribution in [0.1, 0.15) is 28.5 Å². The SMILES string of the molecule is COc1cc(Cl)ccc1C(=O)Nc1cc(C)nn1[C@H]1CCS(=O)(=O)C1. The van der Waals surface area contributed by atoms with Gasteiger partial charge in [-0.2, -0.15) is 5.10 Å². The van der Waals surface area contributed by atoms with Crippen molar-refractivity contribution in [2.75, 3.05) is 23.9 Å².